The van der Waals surface area contributed by atoms with Crippen LogP contribution in [0.5, 0.6) is 11.5 Å². The van der Waals surface area contributed by atoms with Crippen LogP contribution in [0.2, 0.25) is 5.82 Å². The predicted octanol–water partition coefficient (Wildman–Crippen LogP) is 0.762. The molecule has 0 saturated carbocycles. The fraction of sp³-hybridized carbons (Fsp3) is 0.360. The number of nitrogens with one attached hydrogen (secondary N) is 1. The van der Waals surface area contributed by atoms with E-state index in [4.69, 9.17) is 4.65 Å². The van der Waals surface area contributed by atoms with Gasteiger partial charge in [-0.25, -0.2) is 9.59 Å². The molecule has 0 radical (unpaired) electrons. The second-order valence-electron chi connectivity index (χ2n) is 9.31. The van der Waals surface area contributed by atoms with Gasteiger partial charge in [-0.2, -0.15) is 0 Å². The Hall–Kier alpha value is -4.46. The van der Waals surface area contributed by atoms with E-state index in [1.807, 2.05) is 6.92 Å². The number of aromatic hydroxyl groups is 1. The van der Waals surface area contributed by atoms with Gasteiger partial charge in [-0.3, -0.25) is 24.3 Å². The molecular weight excluding hydrogens is 511 g/mol. The summed E-state index contributed by atoms with van der Waals surface area (Å²) >= 11 is 0. The Kier molecular flexibility index (Phi) is 8.14. The number of nitrogens with zero attached hydrogens (tertiary/aromatic N) is 3. The smallest absolute Gasteiger partial charge is 0.526 e. The summed E-state index contributed by atoms with van der Waals surface area (Å²) in [6.45, 7) is 2.33. The summed E-state index contributed by atoms with van der Waals surface area (Å²) in [5.74, 6) is -4.58. The van der Waals surface area contributed by atoms with Crippen molar-refractivity contribution in [3.63, 3.8) is 0 Å². The number of hydrogen-bond donors (Lipinski definition) is 4. The summed E-state index contributed by atoms with van der Waals surface area (Å²) in [6, 6.07) is 4.76. The minimum atomic E-state index is -1.50. The van der Waals surface area contributed by atoms with E-state index in [2.05, 4.69) is 10.3 Å². The monoisotopic (exact) mass is 538 g/mol. The molecule has 2 aliphatic heterocycles. The number of rotatable bonds is 8. The van der Waals surface area contributed by atoms with Gasteiger partial charge in [0.15, 0.2) is 5.78 Å². The van der Waals surface area contributed by atoms with E-state index in [-0.39, 0.29) is 48.7 Å². The first-order chi connectivity index (χ1) is 18.6. The van der Waals surface area contributed by atoms with Crippen LogP contribution < -0.4 is 9.97 Å². The van der Waals surface area contributed by atoms with Crippen LogP contribution in [0, 0.1) is 0 Å². The second-order valence-corrected chi connectivity index (χ2v) is 9.31. The number of pyridine rings is 1. The molecule has 1 aromatic heterocycles. The number of Topliss-reactive ketones (excluding diaryl/α,β-unsaturated/α-hetero) is 1. The van der Waals surface area contributed by atoms with Gasteiger partial charge in [0.25, 0.3) is 0 Å². The lowest BCUT2D eigenvalue weighted by Gasteiger charge is -2.33. The maximum Gasteiger partial charge on any atom is 0.526 e. The van der Waals surface area contributed by atoms with E-state index < -0.39 is 48.6 Å². The van der Waals surface area contributed by atoms with Gasteiger partial charge < -0.3 is 30.1 Å². The summed E-state index contributed by atoms with van der Waals surface area (Å²) in [4.78, 5) is 69.1. The maximum atomic E-state index is 13.5. The van der Waals surface area contributed by atoms with Gasteiger partial charge in [-0.1, -0.05) is 19.1 Å². The van der Waals surface area contributed by atoms with Crippen molar-refractivity contribution in [1.29, 1.82) is 0 Å². The molecule has 3 heterocycles. The molecular formula is C25H27BN4O9. The molecule has 0 bridgehead atoms. The third kappa shape index (κ3) is 5.85. The molecule has 39 heavy (non-hydrogen) atoms. The van der Waals surface area contributed by atoms with Crippen LogP contribution in [0.3, 0.4) is 0 Å². The van der Waals surface area contributed by atoms with E-state index in [0.29, 0.717) is 18.5 Å². The zero-order valence-corrected chi connectivity index (χ0v) is 21.1. The summed E-state index contributed by atoms with van der Waals surface area (Å²) in [5.41, 5.74) is 0.442. The van der Waals surface area contributed by atoms with Crippen LogP contribution in [0.15, 0.2) is 36.5 Å². The number of carboxylic acid groups (broad SMARTS) is 1. The Morgan fingerprint density at radius 1 is 1.18 bits per heavy atom. The van der Waals surface area contributed by atoms with Gasteiger partial charge in [0.2, 0.25) is 0 Å². The number of ketones is 1. The lowest BCUT2D eigenvalue weighted by atomic mass is 9.64. The Morgan fingerprint density at radius 3 is 2.62 bits per heavy atom. The van der Waals surface area contributed by atoms with Crippen LogP contribution in [0.4, 0.5) is 4.79 Å². The SMILES string of the molecule is CCCN1CCN(C(=O)NC(C(=O)C[C@H]2Cc3cccc(C(=O)O)c3OB2O)c2ccc(O)cn2)C(=O)C1=O. The predicted molar refractivity (Wildman–Crippen MR) is 135 cm³/mol. The van der Waals surface area contributed by atoms with Crippen molar-refractivity contribution in [3.8, 4) is 11.5 Å². The summed E-state index contributed by atoms with van der Waals surface area (Å²) in [7, 11) is -1.50. The lowest BCUT2D eigenvalue weighted by molar-refractivity contribution is -0.153. The number of imide groups is 1. The average Bonchev–Trinajstić information content (AvgIpc) is 2.90. The van der Waals surface area contributed by atoms with Crippen molar-refractivity contribution in [3.05, 3.63) is 53.3 Å². The normalized spacial score (nSPS) is 17.8. The number of carboxylic acids is 1. The molecule has 2 atom stereocenters. The number of aromatic nitrogens is 1. The van der Waals surface area contributed by atoms with Gasteiger partial charge in [-0.15, -0.1) is 0 Å². The molecule has 4 rings (SSSR count). The zero-order chi connectivity index (χ0) is 28.3. The molecule has 13 nitrogen and oxygen atoms in total. The highest BCUT2D eigenvalue weighted by Gasteiger charge is 2.41. The van der Waals surface area contributed by atoms with Crippen LogP contribution in [0.25, 0.3) is 0 Å². The highest BCUT2D eigenvalue weighted by molar-refractivity contribution is 6.47. The van der Waals surface area contributed by atoms with Gasteiger partial charge >= 0.3 is 30.9 Å². The molecule has 4 amide bonds. The van der Waals surface area contributed by atoms with Gasteiger partial charge in [0.1, 0.15) is 17.5 Å². The molecule has 4 N–H and O–H groups in total. The van der Waals surface area contributed by atoms with Crippen molar-refractivity contribution < 1.29 is 43.9 Å². The Morgan fingerprint density at radius 2 is 1.95 bits per heavy atom. The first-order valence-corrected chi connectivity index (χ1v) is 12.4. The number of aromatic carboxylic acids is 1. The number of amides is 4. The molecule has 2 aliphatic rings. The average molecular weight is 538 g/mol. The molecule has 1 saturated heterocycles. The third-order valence-electron chi connectivity index (χ3n) is 6.62. The molecule has 1 aromatic carbocycles. The number of hydrogen-bond acceptors (Lipinski definition) is 9. The molecule has 1 unspecified atom stereocenters. The highest BCUT2D eigenvalue weighted by Crippen LogP contribution is 2.37. The quantitative estimate of drug-likeness (QED) is 0.276. The van der Waals surface area contributed by atoms with E-state index in [1.54, 1.807) is 6.07 Å². The summed E-state index contributed by atoms with van der Waals surface area (Å²) in [5, 5.41) is 32.1. The van der Waals surface area contributed by atoms with Crippen LogP contribution in [-0.4, -0.2) is 86.4 Å². The highest BCUT2D eigenvalue weighted by atomic mass is 16.5. The standard InChI is InChI=1S/C25H27BN4O9/c1-2-8-29-9-10-30(23(34)22(29)33)25(37)28-20(18-7-6-16(31)13-27-18)19(32)12-15-11-14-4-3-5-17(24(35)36)21(14)39-26(15)38/h3-7,13,15,20,31,38H,2,8-12H2,1H3,(H,28,37)(H,35,36)/t15-,20?/m1/s1. The minimum Gasteiger partial charge on any atom is -0.535 e. The maximum absolute atomic E-state index is 13.5. The third-order valence-corrected chi connectivity index (χ3v) is 6.62. The van der Waals surface area contributed by atoms with Crippen molar-refractivity contribution >= 4 is 36.7 Å². The largest absolute Gasteiger partial charge is 0.535 e. The number of fused-ring (bicyclic) bond motifs is 1. The molecule has 0 spiro atoms. The Labute approximate surface area is 223 Å². The molecule has 14 heteroatoms. The number of carbonyl (C=O) groups is 5. The van der Waals surface area contributed by atoms with Gasteiger partial charge in [-0.05, 0) is 36.6 Å². The van der Waals surface area contributed by atoms with Crippen molar-refractivity contribution in [2.45, 2.75) is 38.0 Å². The summed E-state index contributed by atoms with van der Waals surface area (Å²) in [6.07, 6.45) is 1.55. The zero-order valence-electron chi connectivity index (χ0n) is 21.1. The molecule has 1 fully saturated rings. The van der Waals surface area contributed by atoms with E-state index in [1.165, 1.54) is 29.2 Å². The van der Waals surface area contributed by atoms with Crippen LogP contribution >= 0.6 is 0 Å². The minimum absolute atomic E-state index is 0.0247. The lowest BCUT2D eigenvalue weighted by Crippen LogP contribution is -2.59. The Bertz CT molecular complexity index is 1300. The van der Waals surface area contributed by atoms with Crippen molar-refractivity contribution in [1.82, 2.24) is 20.1 Å². The fourth-order valence-electron chi connectivity index (χ4n) is 4.64. The first kappa shape index (κ1) is 27.6. The fourth-order valence-corrected chi connectivity index (χ4v) is 4.64. The topological polar surface area (TPSA) is 187 Å². The number of para-hydroxylation sites is 1. The summed E-state index contributed by atoms with van der Waals surface area (Å²) < 4.78 is 5.46. The van der Waals surface area contributed by atoms with Crippen molar-refractivity contribution in [2.24, 2.45) is 0 Å². The van der Waals surface area contributed by atoms with Crippen LogP contribution in [-0.2, 0) is 20.8 Å². The molecule has 0 aliphatic carbocycles. The van der Waals surface area contributed by atoms with Crippen molar-refractivity contribution in [2.75, 3.05) is 19.6 Å². The van der Waals surface area contributed by atoms with Gasteiger partial charge in [0, 0.05) is 31.9 Å². The van der Waals surface area contributed by atoms with Crippen LogP contribution in [0.1, 0.15) is 47.4 Å². The Balaban J connectivity index is 1.53. The van der Waals surface area contributed by atoms with E-state index >= 15 is 0 Å². The number of benzene rings is 1. The number of piperazine rings is 1. The van der Waals surface area contributed by atoms with E-state index in [9.17, 15) is 39.2 Å². The van der Waals surface area contributed by atoms with E-state index in [0.717, 1.165) is 11.1 Å². The number of urea groups is 1. The first-order valence-electron chi connectivity index (χ1n) is 12.4. The van der Waals surface area contributed by atoms with Gasteiger partial charge in [0.05, 0.1) is 17.5 Å². The number of carbonyl (C=O) groups excluding carboxylic acids is 4. The second kappa shape index (κ2) is 11.5. The molecule has 2 aromatic rings. The molecule has 204 valence electrons.